The Hall–Kier alpha value is -0.820. The Morgan fingerprint density at radius 2 is 1.78 bits per heavy atom. The van der Waals surface area contributed by atoms with Gasteiger partial charge >= 0.3 is 0 Å². The average molecular weight is 246 g/mol. The highest BCUT2D eigenvalue weighted by molar-refractivity contribution is 5.29. The molecule has 1 aromatic rings. The van der Waals surface area contributed by atoms with E-state index in [4.69, 9.17) is 0 Å². The normalized spacial score (nSPS) is 30.1. The summed E-state index contributed by atoms with van der Waals surface area (Å²) in [6.45, 7) is 6.76. The Balaban J connectivity index is 2.14. The van der Waals surface area contributed by atoms with Gasteiger partial charge in [0.25, 0.3) is 0 Å². The van der Waals surface area contributed by atoms with Gasteiger partial charge in [-0.1, -0.05) is 45.0 Å². The summed E-state index contributed by atoms with van der Waals surface area (Å²) in [7, 11) is 0. The van der Waals surface area contributed by atoms with Crippen LogP contribution in [-0.2, 0) is 5.60 Å². The second-order valence-electron chi connectivity index (χ2n) is 6.15. The van der Waals surface area contributed by atoms with Gasteiger partial charge < -0.3 is 5.11 Å². The Bertz CT molecular complexity index is 371. The van der Waals surface area contributed by atoms with Crippen LogP contribution in [0.5, 0.6) is 0 Å². The van der Waals surface area contributed by atoms with Crippen LogP contribution in [0, 0.1) is 5.92 Å². The van der Waals surface area contributed by atoms with Crippen LogP contribution in [0.1, 0.15) is 69.9 Å². The minimum absolute atomic E-state index is 0.569. The van der Waals surface area contributed by atoms with Crippen molar-refractivity contribution in [3.8, 4) is 0 Å². The van der Waals surface area contributed by atoms with E-state index in [9.17, 15) is 5.11 Å². The third-order valence-corrected chi connectivity index (χ3v) is 4.73. The maximum absolute atomic E-state index is 10.7. The van der Waals surface area contributed by atoms with Gasteiger partial charge in [0.1, 0.15) is 0 Å². The van der Waals surface area contributed by atoms with Crippen LogP contribution < -0.4 is 0 Å². The Morgan fingerprint density at radius 3 is 2.28 bits per heavy atom. The molecule has 0 amide bonds. The van der Waals surface area contributed by atoms with Gasteiger partial charge in [0.05, 0.1) is 5.60 Å². The molecule has 18 heavy (non-hydrogen) atoms. The largest absolute Gasteiger partial charge is 0.385 e. The summed E-state index contributed by atoms with van der Waals surface area (Å²) in [5, 5.41) is 10.7. The van der Waals surface area contributed by atoms with E-state index in [1.165, 1.54) is 12.0 Å². The molecule has 1 atom stereocenters. The van der Waals surface area contributed by atoms with E-state index >= 15 is 0 Å². The van der Waals surface area contributed by atoms with Gasteiger partial charge in [-0.2, -0.15) is 0 Å². The van der Waals surface area contributed by atoms with Crippen LogP contribution >= 0.6 is 0 Å². The first-order valence-electron chi connectivity index (χ1n) is 7.38. The van der Waals surface area contributed by atoms with Crippen molar-refractivity contribution in [2.45, 2.75) is 64.4 Å². The molecule has 1 aliphatic carbocycles. The maximum atomic E-state index is 10.7. The van der Waals surface area contributed by atoms with E-state index in [0.717, 1.165) is 37.2 Å². The van der Waals surface area contributed by atoms with Crippen LogP contribution in [0.3, 0.4) is 0 Å². The minimum Gasteiger partial charge on any atom is -0.385 e. The zero-order chi connectivity index (χ0) is 13.2. The molecule has 0 aliphatic heterocycles. The van der Waals surface area contributed by atoms with E-state index in [1.54, 1.807) is 0 Å². The first-order valence-corrected chi connectivity index (χ1v) is 7.38. The summed E-state index contributed by atoms with van der Waals surface area (Å²) < 4.78 is 0. The summed E-state index contributed by atoms with van der Waals surface area (Å²) in [5.74, 6) is 1.38. The lowest BCUT2D eigenvalue weighted by Gasteiger charge is -2.35. The smallest absolute Gasteiger partial charge is 0.0896 e. The zero-order valence-electron chi connectivity index (χ0n) is 11.9. The SMILES string of the molecule is CCC(C)c1ccc(C2(O)CCC(C)CC2)cc1. The predicted molar refractivity (Wildman–Crippen MR) is 76.7 cm³/mol. The average Bonchev–Trinajstić information content (AvgIpc) is 2.41. The molecule has 1 nitrogen and oxygen atoms in total. The predicted octanol–water partition coefficient (Wildman–Crippen LogP) is 4.60. The van der Waals surface area contributed by atoms with Crippen molar-refractivity contribution in [1.29, 1.82) is 0 Å². The Morgan fingerprint density at radius 1 is 1.22 bits per heavy atom. The summed E-state index contributed by atoms with van der Waals surface area (Å²) >= 11 is 0. The standard InChI is InChI=1S/C17H26O/c1-4-14(3)15-5-7-16(8-6-15)17(18)11-9-13(2)10-12-17/h5-8,13-14,18H,4,9-12H2,1-3H3. The van der Waals surface area contributed by atoms with E-state index in [-0.39, 0.29) is 0 Å². The molecule has 100 valence electrons. The second kappa shape index (κ2) is 5.44. The van der Waals surface area contributed by atoms with Crippen molar-refractivity contribution in [2.24, 2.45) is 5.92 Å². The first kappa shape index (κ1) is 13.6. The fourth-order valence-corrected chi connectivity index (χ4v) is 2.89. The Kier molecular flexibility index (Phi) is 4.11. The fraction of sp³-hybridized carbons (Fsp3) is 0.647. The van der Waals surface area contributed by atoms with Crippen molar-refractivity contribution in [1.82, 2.24) is 0 Å². The van der Waals surface area contributed by atoms with Crippen LogP contribution in [0.15, 0.2) is 24.3 Å². The maximum Gasteiger partial charge on any atom is 0.0896 e. The summed E-state index contributed by atoms with van der Waals surface area (Å²) in [6, 6.07) is 8.66. The Labute approximate surface area is 111 Å². The van der Waals surface area contributed by atoms with Gasteiger partial charge in [-0.15, -0.1) is 0 Å². The van der Waals surface area contributed by atoms with Crippen LogP contribution in [0.25, 0.3) is 0 Å². The van der Waals surface area contributed by atoms with Gasteiger partial charge in [-0.25, -0.2) is 0 Å². The summed E-state index contributed by atoms with van der Waals surface area (Å²) in [6.07, 6.45) is 5.28. The van der Waals surface area contributed by atoms with Crippen molar-refractivity contribution in [3.05, 3.63) is 35.4 Å². The molecule has 2 rings (SSSR count). The monoisotopic (exact) mass is 246 g/mol. The van der Waals surface area contributed by atoms with Crippen molar-refractivity contribution in [3.63, 3.8) is 0 Å². The number of rotatable bonds is 3. The van der Waals surface area contributed by atoms with E-state index in [2.05, 4.69) is 45.0 Å². The topological polar surface area (TPSA) is 20.2 Å². The van der Waals surface area contributed by atoms with E-state index < -0.39 is 5.60 Å². The lowest BCUT2D eigenvalue weighted by atomic mass is 9.75. The van der Waals surface area contributed by atoms with Crippen molar-refractivity contribution >= 4 is 0 Å². The molecular formula is C17H26O. The molecule has 0 radical (unpaired) electrons. The van der Waals surface area contributed by atoms with Gasteiger partial charge in [0.2, 0.25) is 0 Å². The number of aliphatic hydroxyl groups is 1. The lowest BCUT2D eigenvalue weighted by Crippen LogP contribution is -2.30. The van der Waals surface area contributed by atoms with E-state index in [1.807, 2.05) is 0 Å². The molecule has 1 aliphatic rings. The molecule has 0 bridgehead atoms. The molecule has 1 saturated carbocycles. The summed E-state index contributed by atoms with van der Waals surface area (Å²) in [5.41, 5.74) is 1.93. The molecule has 1 aromatic carbocycles. The molecule has 0 spiro atoms. The van der Waals surface area contributed by atoms with Crippen LogP contribution in [0.2, 0.25) is 0 Å². The molecule has 1 N–H and O–H groups in total. The number of hydrogen-bond acceptors (Lipinski definition) is 1. The van der Waals surface area contributed by atoms with E-state index in [0.29, 0.717) is 5.92 Å². The minimum atomic E-state index is -0.569. The molecule has 0 saturated heterocycles. The highest BCUT2D eigenvalue weighted by atomic mass is 16.3. The van der Waals surface area contributed by atoms with Gasteiger partial charge in [-0.05, 0) is 55.1 Å². The molecule has 0 heterocycles. The van der Waals surface area contributed by atoms with Gasteiger partial charge in [-0.3, -0.25) is 0 Å². The number of benzene rings is 1. The highest BCUT2D eigenvalue weighted by Gasteiger charge is 2.33. The quantitative estimate of drug-likeness (QED) is 0.826. The first-order chi connectivity index (χ1) is 8.55. The van der Waals surface area contributed by atoms with Crippen LogP contribution in [-0.4, -0.2) is 5.11 Å². The van der Waals surface area contributed by atoms with Gasteiger partial charge in [0.15, 0.2) is 0 Å². The second-order valence-corrected chi connectivity index (χ2v) is 6.15. The van der Waals surface area contributed by atoms with Crippen LogP contribution in [0.4, 0.5) is 0 Å². The van der Waals surface area contributed by atoms with Gasteiger partial charge in [0, 0.05) is 0 Å². The third kappa shape index (κ3) is 2.77. The van der Waals surface area contributed by atoms with Crippen molar-refractivity contribution < 1.29 is 5.11 Å². The molecule has 1 heteroatoms. The lowest BCUT2D eigenvalue weighted by molar-refractivity contribution is -0.0120. The molecule has 0 aromatic heterocycles. The molecular weight excluding hydrogens is 220 g/mol. The molecule has 1 unspecified atom stereocenters. The summed E-state index contributed by atoms with van der Waals surface area (Å²) in [4.78, 5) is 0. The highest BCUT2D eigenvalue weighted by Crippen LogP contribution is 2.39. The fourth-order valence-electron chi connectivity index (χ4n) is 2.89. The third-order valence-electron chi connectivity index (χ3n) is 4.73. The number of hydrogen-bond donors (Lipinski definition) is 1. The van der Waals surface area contributed by atoms with Crippen molar-refractivity contribution in [2.75, 3.05) is 0 Å². The zero-order valence-corrected chi connectivity index (χ0v) is 11.9. The molecule has 1 fully saturated rings.